The molecule has 8 nitrogen and oxygen atoms in total. The lowest BCUT2D eigenvalue weighted by atomic mass is 9.96. The maximum atomic E-state index is 12.4. The van der Waals surface area contributed by atoms with E-state index in [1.54, 1.807) is 19.2 Å². The third kappa shape index (κ3) is 5.18. The van der Waals surface area contributed by atoms with Crippen LogP contribution in [0.2, 0.25) is 0 Å². The molecule has 2 aromatic heterocycles. The molecule has 3 aromatic rings. The number of benzene rings is 1. The minimum Gasteiger partial charge on any atom is -0.497 e. The second-order valence-electron chi connectivity index (χ2n) is 6.79. The van der Waals surface area contributed by atoms with Crippen LogP contribution in [0.5, 0.6) is 11.5 Å². The van der Waals surface area contributed by atoms with Crippen molar-refractivity contribution in [2.24, 2.45) is 0 Å². The molecule has 0 saturated heterocycles. The quantitative estimate of drug-likeness (QED) is 0.502. The SMILES string of the molecule is COc1cccc(OCc2nnc(SCC(=O)Nc3sc4c(c3C#N)CCCC4)o2)c1. The van der Waals surface area contributed by atoms with Crippen LogP contribution in [0.15, 0.2) is 33.9 Å². The molecule has 4 rings (SSSR count). The molecule has 31 heavy (non-hydrogen) atoms. The van der Waals surface area contributed by atoms with Crippen LogP contribution in [0.3, 0.4) is 0 Å². The zero-order valence-electron chi connectivity index (χ0n) is 16.8. The lowest BCUT2D eigenvalue weighted by molar-refractivity contribution is -0.113. The van der Waals surface area contributed by atoms with Gasteiger partial charge >= 0.3 is 0 Å². The molecule has 0 unspecified atom stereocenters. The van der Waals surface area contributed by atoms with Gasteiger partial charge in [-0.05, 0) is 43.4 Å². The summed E-state index contributed by atoms with van der Waals surface area (Å²) in [6.45, 7) is 0.110. The number of aryl methyl sites for hydroxylation is 1. The van der Waals surface area contributed by atoms with Gasteiger partial charge in [0.25, 0.3) is 11.1 Å². The number of anilines is 1. The lowest BCUT2D eigenvalue weighted by Gasteiger charge is -2.09. The zero-order chi connectivity index (χ0) is 21.6. The molecular formula is C21H20N4O4S2. The highest BCUT2D eigenvalue weighted by Gasteiger charge is 2.22. The van der Waals surface area contributed by atoms with Crippen LogP contribution >= 0.6 is 23.1 Å². The highest BCUT2D eigenvalue weighted by Crippen LogP contribution is 2.37. The molecule has 1 aromatic carbocycles. The normalized spacial score (nSPS) is 12.6. The summed E-state index contributed by atoms with van der Waals surface area (Å²) in [7, 11) is 1.59. The van der Waals surface area contributed by atoms with Crippen molar-refractivity contribution in [2.45, 2.75) is 37.5 Å². The van der Waals surface area contributed by atoms with E-state index >= 15 is 0 Å². The highest BCUT2D eigenvalue weighted by atomic mass is 32.2. The number of fused-ring (bicyclic) bond motifs is 1. The van der Waals surface area contributed by atoms with Gasteiger partial charge in [0.1, 0.15) is 22.6 Å². The lowest BCUT2D eigenvalue weighted by Crippen LogP contribution is -2.14. The number of nitriles is 1. The van der Waals surface area contributed by atoms with E-state index in [0.717, 1.165) is 43.0 Å². The van der Waals surface area contributed by atoms with Crippen molar-refractivity contribution >= 4 is 34.0 Å². The van der Waals surface area contributed by atoms with Gasteiger partial charge in [0.05, 0.1) is 18.4 Å². The fourth-order valence-corrected chi connectivity index (χ4v) is 5.09. The van der Waals surface area contributed by atoms with Crippen LogP contribution in [-0.2, 0) is 24.2 Å². The molecule has 0 bridgehead atoms. The van der Waals surface area contributed by atoms with Gasteiger partial charge in [-0.25, -0.2) is 0 Å². The second-order valence-corrected chi connectivity index (χ2v) is 8.82. The van der Waals surface area contributed by atoms with Gasteiger partial charge < -0.3 is 19.2 Å². The first kappa shape index (κ1) is 21.2. The summed E-state index contributed by atoms with van der Waals surface area (Å²) in [6.07, 6.45) is 4.09. The van der Waals surface area contributed by atoms with E-state index in [4.69, 9.17) is 13.9 Å². The molecule has 0 atom stereocenters. The van der Waals surface area contributed by atoms with Crippen molar-refractivity contribution in [2.75, 3.05) is 18.2 Å². The number of ether oxygens (including phenoxy) is 2. The molecule has 1 amide bonds. The minimum absolute atomic E-state index is 0.103. The fourth-order valence-electron chi connectivity index (χ4n) is 3.25. The van der Waals surface area contributed by atoms with E-state index in [2.05, 4.69) is 21.6 Å². The average Bonchev–Trinajstić information content (AvgIpc) is 3.40. The molecule has 10 heteroatoms. The molecule has 160 valence electrons. The Morgan fingerprint density at radius 1 is 1.32 bits per heavy atom. The number of nitrogens with zero attached hydrogens (tertiary/aromatic N) is 3. The van der Waals surface area contributed by atoms with Gasteiger partial charge in [0.15, 0.2) is 6.61 Å². The summed E-state index contributed by atoms with van der Waals surface area (Å²) in [5.74, 6) is 1.51. The Kier molecular flexibility index (Phi) is 6.74. The molecule has 0 fully saturated rings. The number of methoxy groups -OCH3 is 1. The number of nitrogens with one attached hydrogen (secondary N) is 1. The first-order valence-electron chi connectivity index (χ1n) is 9.72. The molecule has 0 spiro atoms. The summed E-state index contributed by atoms with van der Waals surface area (Å²) in [6, 6.07) is 9.45. The number of carbonyl (C=O) groups is 1. The Balaban J connectivity index is 1.29. The number of thiophene rings is 1. The van der Waals surface area contributed by atoms with Crippen molar-refractivity contribution in [1.82, 2.24) is 10.2 Å². The minimum atomic E-state index is -0.215. The molecule has 1 N–H and O–H groups in total. The van der Waals surface area contributed by atoms with Crippen LogP contribution in [-0.4, -0.2) is 29.0 Å². The van der Waals surface area contributed by atoms with Crippen LogP contribution in [0.1, 0.15) is 34.7 Å². The second kappa shape index (κ2) is 9.85. The zero-order valence-corrected chi connectivity index (χ0v) is 18.5. The smallest absolute Gasteiger partial charge is 0.277 e. The summed E-state index contributed by atoms with van der Waals surface area (Å²) < 4.78 is 16.3. The van der Waals surface area contributed by atoms with Gasteiger partial charge in [0, 0.05) is 10.9 Å². The number of hydrogen-bond acceptors (Lipinski definition) is 9. The molecule has 1 aliphatic carbocycles. The van der Waals surface area contributed by atoms with E-state index in [9.17, 15) is 10.1 Å². The Bertz CT molecular complexity index is 1120. The first-order chi connectivity index (χ1) is 15.2. The van der Waals surface area contributed by atoms with E-state index in [1.807, 2.05) is 12.1 Å². The Labute approximate surface area is 187 Å². The molecule has 1 aliphatic rings. The van der Waals surface area contributed by atoms with Gasteiger partial charge in [-0.3, -0.25) is 4.79 Å². The Hall–Kier alpha value is -3.03. The van der Waals surface area contributed by atoms with Crippen molar-refractivity contribution < 1.29 is 18.7 Å². The number of aromatic nitrogens is 2. The summed E-state index contributed by atoms with van der Waals surface area (Å²) >= 11 is 2.65. The monoisotopic (exact) mass is 456 g/mol. The van der Waals surface area contributed by atoms with Crippen molar-refractivity contribution in [3.63, 3.8) is 0 Å². The maximum absolute atomic E-state index is 12.4. The van der Waals surface area contributed by atoms with Crippen molar-refractivity contribution in [1.29, 1.82) is 5.26 Å². The van der Waals surface area contributed by atoms with Crippen LogP contribution in [0.25, 0.3) is 0 Å². The Morgan fingerprint density at radius 2 is 2.16 bits per heavy atom. The Morgan fingerprint density at radius 3 is 3.00 bits per heavy atom. The standard InChI is InChI=1S/C21H20N4O4S2/c1-27-13-5-4-6-14(9-13)28-11-19-24-25-21(29-19)30-12-18(26)23-20-16(10-22)15-7-2-3-8-17(15)31-20/h4-6,9H,2-3,7-8,11-12H2,1H3,(H,23,26). The van der Waals surface area contributed by atoms with E-state index < -0.39 is 0 Å². The molecule has 0 saturated carbocycles. The van der Waals surface area contributed by atoms with Gasteiger partial charge in [-0.1, -0.05) is 17.8 Å². The number of thioether (sulfide) groups is 1. The number of hydrogen-bond donors (Lipinski definition) is 1. The molecule has 2 heterocycles. The largest absolute Gasteiger partial charge is 0.497 e. The topological polar surface area (TPSA) is 110 Å². The third-order valence-corrected chi connectivity index (χ3v) is 6.74. The summed E-state index contributed by atoms with van der Waals surface area (Å²) in [5.41, 5.74) is 1.70. The summed E-state index contributed by atoms with van der Waals surface area (Å²) in [5, 5.41) is 21.2. The van der Waals surface area contributed by atoms with Crippen LogP contribution < -0.4 is 14.8 Å². The number of amides is 1. The third-order valence-electron chi connectivity index (χ3n) is 4.71. The van der Waals surface area contributed by atoms with Crippen LogP contribution in [0.4, 0.5) is 5.00 Å². The van der Waals surface area contributed by atoms with Crippen LogP contribution in [0, 0.1) is 11.3 Å². The van der Waals surface area contributed by atoms with E-state index in [0.29, 0.717) is 28.0 Å². The maximum Gasteiger partial charge on any atom is 0.277 e. The van der Waals surface area contributed by atoms with E-state index in [1.165, 1.54) is 16.2 Å². The van der Waals surface area contributed by atoms with Gasteiger partial charge in [-0.15, -0.1) is 21.5 Å². The number of carbonyl (C=O) groups excluding carboxylic acids is 1. The summed E-state index contributed by atoms with van der Waals surface area (Å²) in [4.78, 5) is 13.6. The van der Waals surface area contributed by atoms with Gasteiger partial charge in [0.2, 0.25) is 5.91 Å². The van der Waals surface area contributed by atoms with Crippen molar-refractivity contribution in [3.05, 3.63) is 46.2 Å². The van der Waals surface area contributed by atoms with Gasteiger partial charge in [-0.2, -0.15) is 5.26 Å². The molecular weight excluding hydrogens is 436 g/mol. The average molecular weight is 457 g/mol. The predicted octanol–water partition coefficient (Wildman–Crippen LogP) is 4.20. The predicted molar refractivity (Wildman–Crippen MR) is 117 cm³/mol. The van der Waals surface area contributed by atoms with Crippen molar-refractivity contribution in [3.8, 4) is 17.6 Å². The molecule has 0 radical (unpaired) electrons. The fraction of sp³-hybridized carbons (Fsp3) is 0.333. The van der Waals surface area contributed by atoms with E-state index in [-0.39, 0.29) is 23.5 Å². The first-order valence-corrected chi connectivity index (χ1v) is 11.5. The number of rotatable bonds is 8. The highest BCUT2D eigenvalue weighted by molar-refractivity contribution is 7.99. The molecule has 0 aliphatic heterocycles.